The van der Waals surface area contributed by atoms with Gasteiger partial charge >= 0.3 is 6.03 Å². The molecule has 1 aromatic carbocycles. The lowest BCUT2D eigenvalue weighted by molar-refractivity contribution is 0.0283. The van der Waals surface area contributed by atoms with Crippen LogP contribution in [-0.4, -0.2) is 52.3 Å². The number of rotatable bonds is 10. The number of carbonyl (C=O) groups excluding carboxylic acids is 1. The van der Waals surface area contributed by atoms with Crippen LogP contribution in [0.1, 0.15) is 24.2 Å². The van der Waals surface area contributed by atoms with E-state index in [1.54, 1.807) is 23.0 Å². The minimum absolute atomic E-state index is 0.0307. The summed E-state index contributed by atoms with van der Waals surface area (Å²) in [5.41, 5.74) is 7.09. The maximum atomic E-state index is 14.1. The lowest BCUT2D eigenvalue weighted by atomic mass is 10.1. The number of hydrogen-bond donors (Lipinski definition) is 3. The van der Waals surface area contributed by atoms with E-state index in [4.69, 9.17) is 26.8 Å². The Labute approximate surface area is 189 Å². The SMILES string of the molecule is CCn1ncc2cc(Cl)nc(C[C@H](O)COCC(NC(N)=O)c3ccc(OC)c(F)c3)c21. The van der Waals surface area contributed by atoms with Crippen molar-refractivity contribution < 1.29 is 23.8 Å². The molecule has 2 heterocycles. The molecule has 9 nitrogen and oxygen atoms in total. The van der Waals surface area contributed by atoms with Crippen molar-refractivity contribution >= 4 is 28.5 Å². The second-order valence-electron chi connectivity index (χ2n) is 7.14. The van der Waals surface area contributed by atoms with Gasteiger partial charge in [0.2, 0.25) is 0 Å². The Bertz CT molecular complexity index is 1090. The monoisotopic (exact) mass is 465 g/mol. The zero-order chi connectivity index (χ0) is 23.3. The van der Waals surface area contributed by atoms with E-state index in [-0.39, 0.29) is 25.4 Å². The molecule has 0 saturated carbocycles. The topological polar surface area (TPSA) is 125 Å². The normalized spacial score (nSPS) is 13.2. The minimum Gasteiger partial charge on any atom is -0.494 e. The number of amides is 2. The first kappa shape index (κ1) is 23.7. The minimum atomic E-state index is -0.897. The molecule has 0 bridgehead atoms. The number of aryl methyl sites for hydroxylation is 1. The van der Waals surface area contributed by atoms with E-state index in [9.17, 15) is 14.3 Å². The highest BCUT2D eigenvalue weighted by molar-refractivity contribution is 6.30. The number of ether oxygens (including phenoxy) is 2. The summed E-state index contributed by atoms with van der Waals surface area (Å²) < 4.78 is 26.4. The van der Waals surface area contributed by atoms with Crippen molar-refractivity contribution in [1.82, 2.24) is 20.1 Å². The average molecular weight is 466 g/mol. The molecule has 2 atom stereocenters. The average Bonchev–Trinajstić information content (AvgIpc) is 3.15. The van der Waals surface area contributed by atoms with Gasteiger partial charge in [0.05, 0.1) is 49.9 Å². The summed E-state index contributed by atoms with van der Waals surface area (Å²) in [5, 5.41) is 18.5. The number of urea groups is 1. The lowest BCUT2D eigenvalue weighted by Gasteiger charge is -2.20. The summed E-state index contributed by atoms with van der Waals surface area (Å²) in [6, 6.07) is 4.50. The number of methoxy groups -OCH3 is 1. The first-order valence-corrected chi connectivity index (χ1v) is 10.4. The maximum absolute atomic E-state index is 14.1. The molecule has 0 aliphatic rings. The molecule has 0 spiro atoms. The van der Waals surface area contributed by atoms with E-state index < -0.39 is 24.0 Å². The van der Waals surface area contributed by atoms with Crippen LogP contribution in [0.2, 0.25) is 5.15 Å². The van der Waals surface area contributed by atoms with Gasteiger partial charge in [0.25, 0.3) is 0 Å². The maximum Gasteiger partial charge on any atom is 0.312 e. The molecule has 0 saturated heterocycles. The van der Waals surface area contributed by atoms with Crippen LogP contribution in [0.15, 0.2) is 30.5 Å². The standard InChI is InChI=1S/C21H25ClFN5O4/c1-3-28-20-13(9-25-28)7-19(22)26-16(20)8-14(29)10-32-11-17(27-21(24)30)12-4-5-18(31-2)15(23)6-12/h4-7,9,14,17,29H,3,8,10-11H2,1-2H3,(H3,24,27,30)/t14-,17?/m0/s1. The van der Waals surface area contributed by atoms with Crippen LogP contribution in [0, 0.1) is 5.82 Å². The quantitative estimate of drug-likeness (QED) is 0.395. The van der Waals surface area contributed by atoms with Crippen molar-refractivity contribution in [3.05, 3.63) is 52.7 Å². The molecule has 0 radical (unpaired) electrons. The number of primary amides is 1. The molecule has 0 aliphatic carbocycles. The van der Waals surface area contributed by atoms with Gasteiger partial charge in [-0.2, -0.15) is 5.10 Å². The zero-order valence-electron chi connectivity index (χ0n) is 17.7. The van der Waals surface area contributed by atoms with Crippen LogP contribution in [-0.2, 0) is 17.7 Å². The van der Waals surface area contributed by atoms with E-state index in [0.29, 0.717) is 23.0 Å². The van der Waals surface area contributed by atoms with Crippen LogP contribution in [0.5, 0.6) is 5.75 Å². The highest BCUT2D eigenvalue weighted by atomic mass is 35.5. The summed E-state index contributed by atoms with van der Waals surface area (Å²) in [5.74, 6) is -0.500. The Hall–Kier alpha value is -2.95. The van der Waals surface area contributed by atoms with E-state index in [1.807, 2.05) is 6.92 Å². The van der Waals surface area contributed by atoms with Crippen LogP contribution in [0.3, 0.4) is 0 Å². The largest absolute Gasteiger partial charge is 0.494 e. The number of fused-ring (bicyclic) bond motifs is 1. The molecule has 3 rings (SSSR count). The highest BCUT2D eigenvalue weighted by Crippen LogP contribution is 2.24. The van der Waals surface area contributed by atoms with Gasteiger partial charge in [-0.1, -0.05) is 17.7 Å². The number of aromatic nitrogens is 3. The van der Waals surface area contributed by atoms with Crippen LogP contribution < -0.4 is 15.8 Å². The van der Waals surface area contributed by atoms with Gasteiger partial charge < -0.3 is 25.6 Å². The van der Waals surface area contributed by atoms with Crippen molar-refractivity contribution in [3.63, 3.8) is 0 Å². The predicted molar refractivity (Wildman–Crippen MR) is 117 cm³/mol. The fourth-order valence-corrected chi connectivity index (χ4v) is 3.66. The van der Waals surface area contributed by atoms with Crippen molar-refractivity contribution in [3.8, 4) is 5.75 Å². The highest BCUT2D eigenvalue weighted by Gasteiger charge is 2.19. The van der Waals surface area contributed by atoms with Gasteiger partial charge in [-0.25, -0.2) is 14.2 Å². The first-order valence-electron chi connectivity index (χ1n) is 9.98. The molecule has 2 amide bonds. The number of nitrogens with zero attached hydrogens (tertiary/aromatic N) is 3. The molecule has 4 N–H and O–H groups in total. The van der Waals surface area contributed by atoms with Gasteiger partial charge in [0.1, 0.15) is 5.15 Å². The molecule has 32 heavy (non-hydrogen) atoms. The summed E-state index contributed by atoms with van der Waals surface area (Å²) in [6.45, 7) is 2.52. The number of nitrogens with two attached hydrogens (primary N) is 1. The second kappa shape index (κ2) is 10.6. The number of pyridine rings is 1. The summed E-state index contributed by atoms with van der Waals surface area (Å²) >= 11 is 6.10. The Morgan fingerprint density at radius 1 is 1.38 bits per heavy atom. The summed E-state index contributed by atoms with van der Waals surface area (Å²) in [6.07, 6.45) is 0.993. The summed E-state index contributed by atoms with van der Waals surface area (Å²) in [7, 11) is 1.36. The smallest absolute Gasteiger partial charge is 0.312 e. The number of nitrogens with one attached hydrogen (secondary N) is 1. The van der Waals surface area contributed by atoms with Crippen LogP contribution >= 0.6 is 11.6 Å². The van der Waals surface area contributed by atoms with Crippen molar-refractivity contribution in [2.24, 2.45) is 5.73 Å². The number of halogens is 2. The fraction of sp³-hybridized carbons (Fsp3) is 0.381. The predicted octanol–water partition coefficient (Wildman–Crippen LogP) is 2.58. The third kappa shape index (κ3) is 5.64. The molecule has 1 unspecified atom stereocenters. The Balaban J connectivity index is 1.66. The Kier molecular flexibility index (Phi) is 7.84. The number of benzene rings is 1. The van der Waals surface area contributed by atoms with Gasteiger partial charge in [-0.05, 0) is 30.7 Å². The molecular weight excluding hydrogens is 441 g/mol. The number of carbonyl (C=O) groups is 1. The van der Waals surface area contributed by atoms with Gasteiger partial charge in [0.15, 0.2) is 11.6 Å². The lowest BCUT2D eigenvalue weighted by Crippen LogP contribution is -2.36. The Morgan fingerprint density at radius 2 is 2.16 bits per heavy atom. The summed E-state index contributed by atoms with van der Waals surface area (Å²) in [4.78, 5) is 15.7. The van der Waals surface area contributed by atoms with Crippen molar-refractivity contribution in [2.45, 2.75) is 32.0 Å². The van der Waals surface area contributed by atoms with E-state index in [1.165, 1.54) is 19.2 Å². The number of hydrogen-bond acceptors (Lipinski definition) is 6. The molecule has 2 aromatic heterocycles. The van der Waals surface area contributed by atoms with Crippen molar-refractivity contribution in [1.29, 1.82) is 0 Å². The molecule has 11 heteroatoms. The van der Waals surface area contributed by atoms with Gasteiger partial charge in [0, 0.05) is 18.4 Å². The van der Waals surface area contributed by atoms with E-state index in [2.05, 4.69) is 15.4 Å². The van der Waals surface area contributed by atoms with Gasteiger partial charge in [-0.15, -0.1) is 0 Å². The van der Waals surface area contributed by atoms with Crippen molar-refractivity contribution in [2.75, 3.05) is 20.3 Å². The second-order valence-corrected chi connectivity index (χ2v) is 7.53. The van der Waals surface area contributed by atoms with Gasteiger partial charge in [-0.3, -0.25) is 4.68 Å². The Morgan fingerprint density at radius 3 is 2.81 bits per heavy atom. The molecule has 0 fully saturated rings. The number of aliphatic hydroxyl groups is 1. The van der Waals surface area contributed by atoms with E-state index in [0.717, 1.165) is 10.9 Å². The number of aliphatic hydroxyl groups excluding tert-OH is 1. The van der Waals surface area contributed by atoms with Crippen LogP contribution in [0.25, 0.3) is 10.9 Å². The third-order valence-corrected chi connectivity index (χ3v) is 5.07. The fourth-order valence-electron chi connectivity index (χ4n) is 3.44. The molecule has 0 aliphatic heterocycles. The van der Waals surface area contributed by atoms with Crippen LogP contribution in [0.4, 0.5) is 9.18 Å². The first-order chi connectivity index (χ1) is 15.3. The zero-order valence-corrected chi connectivity index (χ0v) is 18.5. The molecular formula is C21H25ClFN5O4. The molecule has 3 aromatic rings. The van der Waals surface area contributed by atoms with E-state index >= 15 is 0 Å². The third-order valence-electron chi connectivity index (χ3n) is 4.88. The molecule has 172 valence electrons.